The first-order valence-corrected chi connectivity index (χ1v) is 83.9. The highest BCUT2D eigenvalue weighted by molar-refractivity contribution is 6.96. The second kappa shape index (κ2) is 38.6. The SMILES string of the molecule is C[Si]1(CCC2CCC3OC3C2)O[Si](C)(CCC2CCC3OC3C2)O[Si](C)(CCC2CCC3OC3C2)O[Si](C)(CCC2CCC3OC3C2)O[Si](C)(CCC2CCC3OC3C2)O1.C[Si]1(CCC2CCC3OC3C2)O[Si](C)(CCC2CCC3OC3C2)O[Si](C)(CCC2CCC3OC3C2)O[Si](C)(CCC2CCC3OC3C2)O[Si](C)(CCC2CCC3OC3C2)O[Si](C)(CCC2CCC3OC3C2)O1. The van der Waals surface area contributed by atoms with E-state index in [0.717, 1.165) is 137 Å². The van der Waals surface area contributed by atoms with Crippen LogP contribution in [0.5, 0.6) is 0 Å². The van der Waals surface area contributed by atoms with Gasteiger partial charge >= 0.3 is 94.2 Å². The first kappa shape index (κ1) is 96.9. The molecule has 0 bridgehead atoms. The molecule has 33 heteroatoms. The van der Waals surface area contributed by atoms with Gasteiger partial charge < -0.3 is 97.4 Å². The molecule has 748 valence electrons. The van der Waals surface area contributed by atoms with E-state index in [9.17, 15) is 0 Å². The Balaban J connectivity index is 0.000000152. The maximum Gasteiger partial charge on any atom is 0.317 e. The zero-order valence-corrected chi connectivity index (χ0v) is 94.4. The molecule has 0 N–H and O–H groups in total. The summed E-state index contributed by atoms with van der Waals surface area (Å²) in [4.78, 5) is 0. The number of hydrogen-bond donors (Lipinski definition) is 0. The molecule has 0 aromatic heterocycles. The Morgan fingerprint density at radius 1 is 0.121 bits per heavy atom. The topological polar surface area (TPSA) is 239 Å². The van der Waals surface area contributed by atoms with Gasteiger partial charge in [-0.3, -0.25) is 0 Å². The maximum atomic E-state index is 8.26. The van der Waals surface area contributed by atoms with Gasteiger partial charge in [0.05, 0.1) is 134 Å². The summed E-state index contributed by atoms with van der Waals surface area (Å²) in [6.45, 7) is 27.0. The lowest BCUT2D eigenvalue weighted by Gasteiger charge is -2.51. The summed E-state index contributed by atoms with van der Waals surface area (Å²) in [5.74, 6) is 7.30. The number of hydrogen-bond acceptors (Lipinski definition) is 22. The average molecular weight is 2030 g/mol. The molecule has 13 aliphatic heterocycles. The number of ether oxygens (including phenoxy) is 11. The smallest absolute Gasteiger partial charge is 0.317 e. The van der Waals surface area contributed by atoms with E-state index in [0.29, 0.717) is 199 Å². The number of fused-ring (bicyclic) bond motifs is 11. The minimum atomic E-state index is -3.00. The summed E-state index contributed by atoms with van der Waals surface area (Å²) in [6, 6.07) is 10.9. The predicted molar refractivity (Wildman–Crippen MR) is 529 cm³/mol. The highest BCUT2D eigenvalue weighted by Gasteiger charge is 2.64. The maximum absolute atomic E-state index is 8.26. The van der Waals surface area contributed by atoms with Crippen LogP contribution in [0.15, 0.2) is 0 Å². The highest BCUT2D eigenvalue weighted by Crippen LogP contribution is 2.56. The fraction of sp³-hybridized carbons (Fsp3) is 1.00. The average Bonchev–Trinajstić information content (AvgIpc) is 1.76. The van der Waals surface area contributed by atoms with E-state index in [1.165, 1.54) is 212 Å². The third kappa shape index (κ3) is 25.1. The fourth-order valence-corrected chi connectivity index (χ4v) is 96.1. The summed E-state index contributed by atoms with van der Waals surface area (Å²) in [5, 5.41) is 0. The van der Waals surface area contributed by atoms with Crippen LogP contribution < -0.4 is 0 Å². The molecule has 13 heterocycles. The van der Waals surface area contributed by atoms with Gasteiger partial charge in [-0.05, 0) is 486 Å². The van der Waals surface area contributed by atoms with Gasteiger partial charge in [-0.25, -0.2) is 0 Å². The zero-order valence-electron chi connectivity index (χ0n) is 83.4. The Kier molecular flexibility index (Phi) is 28.4. The van der Waals surface area contributed by atoms with Crippen LogP contribution in [0, 0.1) is 65.1 Å². The third-order valence-electron chi connectivity index (χ3n) is 39.1. The normalized spacial score (nSPS) is 55.2. The Hall–Kier alpha value is 1.51. The van der Waals surface area contributed by atoms with Crippen LogP contribution in [-0.2, 0) is 97.4 Å². The van der Waals surface area contributed by atoms with Crippen molar-refractivity contribution in [2.75, 3.05) is 0 Å². The summed E-state index contributed by atoms with van der Waals surface area (Å²) in [6.07, 6.45) is 63.7. The summed E-state index contributed by atoms with van der Waals surface area (Å²) in [7, 11) is -32.1. The molecule has 11 aliphatic carbocycles. The van der Waals surface area contributed by atoms with Gasteiger partial charge in [-0.15, -0.1) is 0 Å². The van der Waals surface area contributed by atoms with Crippen LogP contribution in [0.2, 0.25) is 139 Å². The van der Waals surface area contributed by atoms with Crippen molar-refractivity contribution in [2.24, 2.45) is 65.1 Å². The zero-order chi connectivity index (χ0) is 90.0. The standard InChI is InChI=1S/C54H96O12Si6.C45H80O10Si5/c1-67(25-19-37-7-13-43-49(31-37)55-43)61-68(2,26-20-38-8-14-44-50(32-38)56-44)63-70(4,28-22-40-10-16-46-52(34-40)58-46)65-72(6,30-24-42-12-18-48-54(36-42)60-48)66-71(5,29-23-41-11-17-47-53(35-41)59-47)64-69(3,62-67)27-21-39-9-15-45-51(33-39)57-45;1-56(21-16-31-6-11-36-41(26-31)46-36)51-57(2,22-17-32-7-12-37-42(27-32)47-37)53-59(4,24-19-34-9-14-39-44(29-34)49-39)55-60(5,25-20-35-10-15-40-45(30-35)50-40)54-58(3,52-56)23-18-33-8-13-38-43(28-33)48-38/h37-54H,7-36H2,1-6H3;31-45H,6-30H2,1-5H3. The van der Waals surface area contributed by atoms with Crippen molar-refractivity contribution in [3.8, 4) is 0 Å². The molecule has 0 aromatic carbocycles. The van der Waals surface area contributed by atoms with Crippen molar-refractivity contribution < 1.29 is 97.4 Å². The number of rotatable bonds is 33. The van der Waals surface area contributed by atoms with Crippen molar-refractivity contribution in [1.82, 2.24) is 0 Å². The summed E-state index contributed by atoms with van der Waals surface area (Å²) >= 11 is 0. The van der Waals surface area contributed by atoms with Crippen LogP contribution in [0.4, 0.5) is 0 Å². The Bertz CT molecular complexity index is 3330. The lowest BCUT2D eigenvalue weighted by Crippen LogP contribution is -2.67. The Morgan fingerprint density at radius 3 is 0.280 bits per heavy atom. The van der Waals surface area contributed by atoms with Gasteiger partial charge in [0.2, 0.25) is 0 Å². The van der Waals surface area contributed by atoms with Crippen LogP contribution in [0.1, 0.15) is 283 Å². The van der Waals surface area contributed by atoms with Crippen molar-refractivity contribution in [1.29, 1.82) is 0 Å². The fourth-order valence-electron chi connectivity index (χ4n) is 30.7. The van der Waals surface area contributed by atoms with Crippen molar-refractivity contribution >= 4 is 94.2 Å². The lowest BCUT2D eigenvalue weighted by molar-refractivity contribution is 0.209. The van der Waals surface area contributed by atoms with Gasteiger partial charge in [0.25, 0.3) is 0 Å². The lowest BCUT2D eigenvalue weighted by atomic mass is 9.88. The minimum Gasteiger partial charge on any atom is -0.416 e. The molecule has 0 amide bonds. The molecule has 0 radical (unpaired) electrons. The molecule has 0 spiro atoms. The first-order valence-electron chi connectivity index (χ1n) is 56.2. The van der Waals surface area contributed by atoms with E-state index >= 15 is 0 Å². The molecule has 0 aromatic rings. The minimum absolute atomic E-state index is 0.463. The van der Waals surface area contributed by atoms with Gasteiger partial charge in [0, 0.05) is 0 Å². The van der Waals surface area contributed by atoms with E-state index in [-0.39, 0.29) is 0 Å². The van der Waals surface area contributed by atoms with Gasteiger partial charge in [0.1, 0.15) is 0 Å². The summed E-state index contributed by atoms with van der Waals surface area (Å²) < 4.78 is 156. The molecule has 11 saturated carbocycles. The Morgan fingerprint density at radius 2 is 0.205 bits per heavy atom. The molecule has 24 aliphatic rings. The quantitative estimate of drug-likeness (QED) is 0.0438. The largest absolute Gasteiger partial charge is 0.416 e. The molecule has 24 rings (SSSR count). The van der Waals surface area contributed by atoms with E-state index in [1.54, 1.807) is 0 Å². The van der Waals surface area contributed by atoms with Crippen molar-refractivity contribution in [2.45, 2.75) is 555 Å². The van der Waals surface area contributed by atoms with E-state index in [2.05, 4.69) is 72.0 Å². The second-order valence-corrected chi connectivity index (χ2v) is 90.8. The molecule has 132 heavy (non-hydrogen) atoms. The third-order valence-corrected chi connectivity index (χ3v) is 90.2. The van der Waals surface area contributed by atoms with Crippen molar-refractivity contribution in [3.05, 3.63) is 0 Å². The van der Waals surface area contributed by atoms with Crippen molar-refractivity contribution in [3.63, 3.8) is 0 Å². The van der Waals surface area contributed by atoms with Crippen LogP contribution in [0.3, 0.4) is 0 Å². The number of epoxide rings is 11. The van der Waals surface area contributed by atoms with E-state index in [1.807, 2.05) is 0 Å². The summed E-state index contributed by atoms with van der Waals surface area (Å²) in [5.41, 5.74) is 0. The monoisotopic (exact) mass is 2030 g/mol. The molecule has 33 unspecified atom stereocenters. The Labute approximate surface area is 806 Å². The predicted octanol–water partition coefficient (Wildman–Crippen LogP) is 22.5. The molecule has 24 fully saturated rings. The molecular weight excluding hydrogens is 1850 g/mol. The molecular formula is C99H176O22Si11. The second-order valence-electron chi connectivity index (χ2n) is 51.3. The van der Waals surface area contributed by atoms with Gasteiger partial charge in [-0.2, -0.15) is 0 Å². The molecule has 13 saturated heterocycles. The van der Waals surface area contributed by atoms with E-state index in [4.69, 9.17) is 97.4 Å². The van der Waals surface area contributed by atoms with Crippen LogP contribution in [0.25, 0.3) is 0 Å². The molecule has 33 atom stereocenters. The van der Waals surface area contributed by atoms with Gasteiger partial charge in [-0.1, -0.05) is 0 Å². The first-order chi connectivity index (χ1) is 63.3. The highest BCUT2D eigenvalue weighted by atomic mass is 28.5. The van der Waals surface area contributed by atoms with E-state index < -0.39 is 94.2 Å². The van der Waals surface area contributed by atoms with Crippen LogP contribution in [-0.4, -0.2) is 228 Å². The molecule has 22 nitrogen and oxygen atoms in total. The van der Waals surface area contributed by atoms with Crippen LogP contribution >= 0.6 is 0 Å². The van der Waals surface area contributed by atoms with Gasteiger partial charge in [0.15, 0.2) is 0 Å².